The van der Waals surface area contributed by atoms with E-state index in [2.05, 4.69) is 30.5 Å². The Morgan fingerprint density at radius 3 is 3.29 bits per heavy atom. The van der Waals surface area contributed by atoms with Crippen molar-refractivity contribution >= 4 is 34.1 Å². The predicted molar refractivity (Wildman–Crippen MR) is 89.6 cm³/mol. The van der Waals surface area contributed by atoms with E-state index < -0.39 is 0 Å². The summed E-state index contributed by atoms with van der Waals surface area (Å²) in [6.07, 6.45) is 2.39. The molecule has 1 aliphatic heterocycles. The molecule has 0 saturated carbocycles. The number of aromatic nitrogens is 5. The zero-order valence-electron chi connectivity index (χ0n) is 12.8. The highest BCUT2D eigenvalue weighted by atomic mass is 32.1. The lowest BCUT2D eigenvalue weighted by atomic mass is 10.1. The molecule has 126 valence electrons. The number of nitrogens with zero attached hydrogens (tertiary/aromatic N) is 4. The molecule has 10 heteroatoms. The Morgan fingerprint density at radius 2 is 2.42 bits per heavy atom. The Bertz CT molecular complexity index is 807. The molecule has 4 heterocycles. The molecule has 3 aromatic rings. The van der Waals surface area contributed by atoms with Crippen LogP contribution in [-0.4, -0.2) is 50.5 Å². The van der Waals surface area contributed by atoms with Gasteiger partial charge in [-0.05, 0) is 6.42 Å². The highest BCUT2D eigenvalue weighted by molar-refractivity contribution is 7.07. The van der Waals surface area contributed by atoms with Gasteiger partial charge in [-0.1, -0.05) is 0 Å². The fraction of sp³-hybridized carbons (Fsp3) is 0.429. The molecule has 1 aliphatic rings. The third kappa shape index (κ3) is 3.16. The van der Waals surface area contributed by atoms with Crippen LogP contribution in [0.25, 0.3) is 11.0 Å². The van der Waals surface area contributed by atoms with Crippen molar-refractivity contribution in [2.24, 2.45) is 0 Å². The zero-order chi connectivity index (χ0) is 16.4. The quantitative estimate of drug-likeness (QED) is 0.628. The minimum Gasteiger partial charge on any atom is -0.379 e. The average molecular weight is 347 g/mol. The van der Waals surface area contributed by atoms with Gasteiger partial charge in [0.25, 0.3) is 0 Å². The highest BCUT2D eigenvalue weighted by Crippen LogP contribution is 2.23. The van der Waals surface area contributed by atoms with Gasteiger partial charge in [-0.3, -0.25) is 5.10 Å². The van der Waals surface area contributed by atoms with Crippen LogP contribution >= 0.6 is 11.3 Å². The molecule has 1 saturated heterocycles. The molecule has 4 rings (SSSR count). The second kappa shape index (κ2) is 6.67. The summed E-state index contributed by atoms with van der Waals surface area (Å²) in [4.78, 5) is 12.7. The normalized spacial score (nSPS) is 21.2. The monoisotopic (exact) mass is 347 g/mol. The molecule has 4 N–H and O–H groups in total. The van der Waals surface area contributed by atoms with Crippen LogP contribution in [0.2, 0.25) is 0 Å². The van der Waals surface area contributed by atoms with Gasteiger partial charge in [0.1, 0.15) is 11.9 Å². The number of hydrogen-bond donors (Lipinski definition) is 3. The third-order valence-electron chi connectivity index (χ3n) is 3.88. The maximum atomic E-state index is 5.99. The van der Waals surface area contributed by atoms with E-state index in [4.69, 9.17) is 15.2 Å². The molecule has 9 nitrogen and oxygen atoms in total. The first-order valence-electron chi connectivity index (χ1n) is 7.59. The molecule has 0 radical (unpaired) electrons. The predicted octanol–water partition coefficient (Wildman–Crippen LogP) is 1.18. The van der Waals surface area contributed by atoms with Crippen LogP contribution in [0, 0.1) is 0 Å². The van der Waals surface area contributed by atoms with E-state index in [9.17, 15) is 0 Å². The lowest BCUT2D eigenvalue weighted by Crippen LogP contribution is -2.43. The third-order valence-corrected chi connectivity index (χ3v) is 4.52. The van der Waals surface area contributed by atoms with Crippen LogP contribution in [0.4, 0.5) is 11.8 Å². The van der Waals surface area contributed by atoms with Gasteiger partial charge in [-0.2, -0.15) is 15.1 Å². The number of H-pyrrole nitrogens is 1. The van der Waals surface area contributed by atoms with E-state index in [0.29, 0.717) is 31.3 Å². The van der Waals surface area contributed by atoms with E-state index in [0.717, 1.165) is 17.5 Å². The molecular formula is C14H17N7O2S. The minimum atomic E-state index is -0.0985. The summed E-state index contributed by atoms with van der Waals surface area (Å²) in [6, 6.07) is 0.0600. The van der Waals surface area contributed by atoms with Gasteiger partial charge >= 0.3 is 0 Å². The second-order valence-electron chi connectivity index (χ2n) is 5.51. The van der Waals surface area contributed by atoms with Crippen LogP contribution in [0.3, 0.4) is 0 Å². The largest absolute Gasteiger partial charge is 0.379 e. The molecule has 0 amide bonds. The summed E-state index contributed by atoms with van der Waals surface area (Å²) in [7, 11) is 0. The lowest BCUT2D eigenvalue weighted by Gasteiger charge is -2.32. The molecule has 0 unspecified atom stereocenters. The van der Waals surface area contributed by atoms with Crippen LogP contribution in [0.5, 0.6) is 0 Å². The van der Waals surface area contributed by atoms with Gasteiger partial charge in [0.2, 0.25) is 5.95 Å². The van der Waals surface area contributed by atoms with Gasteiger partial charge in [0, 0.05) is 12.0 Å². The maximum Gasteiger partial charge on any atom is 0.224 e. The lowest BCUT2D eigenvalue weighted by molar-refractivity contribution is -0.0644. The van der Waals surface area contributed by atoms with E-state index in [1.165, 1.54) is 0 Å². The average Bonchev–Trinajstić information content (AvgIpc) is 3.25. The Labute approximate surface area is 141 Å². The molecule has 0 bridgehead atoms. The number of thiazole rings is 1. The molecule has 2 atom stereocenters. The van der Waals surface area contributed by atoms with Crippen LogP contribution in [0.1, 0.15) is 12.1 Å². The van der Waals surface area contributed by atoms with E-state index in [-0.39, 0.29) is 18.1 Å². The Kier molecular flexibility index (Phi) is 4.24. The van der Waals surface area contributed by atoms with Gasteiger partial charge in [-0.15, -0.1) is 11.3 Å². The summed E-state index contributed by atoms with van der Waals surface area (Å²) in [6.45, 7) is 1.66. The molecule has 0 aliphatic carbocycles. The van der Waals surface area contributed by atoms with Crippen molar-refractivity contribution in [2.45, 2.75) is 25.2 Å². The maximum absolute atomic E-state index is 5.99. The van der Waals surface area contributed by atoms with Crippen molar-refractivity contribution in [3.8, 4) is 0 Å². The van der Waals surface area contributed by atoms with Crippen LogP contribution in [-0.2, 0) is 16.1 Å². The SMILES string of the molecule is Nc1nc(N[C@@H]2CCOC[C@H]2OCc2cscn2)c2cn[nH]c2n1. The first-order chi connectivity index (χ1) is 11.8. The van der Waals surface area contributed by atoms with Crippen molar-refractivity contribution in [1.82, 2.24) is 25.1 Å². The van der Waals surface area contributed by atoms with Crippen molar-refractivity contribution in [3.63, 3.8) is 0 Å². The molecule has 0 spiro atoms. The topological polar surface area (TPSA) is 124 Å². The standard InChI is InChI=1S/C14H17N7O2S/c15-14-19-12(9-3-17-21-13(9)20-14)18-10-1-2-22-5-11(10)23-4-8-6-24-7-16-8/h3,6-7,10-11H,1-2,4-5H2,(H4,15,17,18,19,20,21)/t10-,11-/m1/s1. The molecule has 0 aromatic carbocycles. The minimum absolute atomic E-state index is 0.0600. The first kappa shape index (κ1) is 15.2. The molecule has 1 fully saturated rings. The number of nitrogens with one attached hydrogen (secondary N) is 2. The first-order valence-corrected chi connectivity index (χ1v) is 8.53. The number of anilines is 2. The van der Waals surface area contributed by atoms with Gasteiger partial charge in [0.05, 0.1) is 42.0 Å². The molecule has 24 heavy (non-hydrogen) atoms. The Balaban J connectivity index is 1.51. The highest BCUT2D eigenvalue weighted by Gasteiger charge is 2.28. The molecular weight excluding hydrogens is 330 g/mol. The summed E-state index contributed by atoms with van der Waals surface area (Å²) in [5.41, 5.74) is 9.10. The van der Waals surface area contributed by atoms with Crippen LogP contribution < -0.4 is 11.1 Å². The van der Waals surface area contributed by atoms with Gasteiger partial charge < -0.3 is 20.5 Å². The van der Waals surface area contributed by atoms with Gasteiger partial charge in [0.15, 0.2) is 5.65 Å². The number of aromatic amines is 1. The van der Waals surface area contributed by atoms with Crippen molar-refractivity contribution in [1.29, 1.82) is 0 Å². The number of nitrogens with two attached hydrogens (primary N) is 1. The number of ether oxygens (including phenoxy) is 2. The summed E-state index contributed by atoms with van der Waals surface area (Å²) in [5.74, 6) is 0.849. The smallest absolute Gasteiger partial charge is 0.224 e. The fourth-order valence-electron chi connectivity index (χ4n) is 2.68. The number of nitrogen functional groups attached to an aromatic ring is 1. The van der Waals surface area contributed by atoms with Gasteiger partial charge in [-0.25, -0.2) is 4.98 Å². The van der Waals surface area contributed by atoms with E-state index in [1.807, 2.05) is 5.38 Å². The summed E-state index contributed by atoms with van der Waals surface area (Å²) < 4.78 is 11.6. The number of hydrogen-bond acceptors (Lipinski definition) is 9. The number of fused-ring (bicyclic) bond motifs is 1. The van der Waals surface area contributed by atoms with E-state index in [1.54, 1.807) is 23.0 Å². The van der Waals surface area contributed by atoms with E-state index >= 15 is 0 Å². The second-order valence-corrected chi connectivity index (χ2v) is 6.23. The summed E-state index contributed by atoms with van der Waals surface area (Å²) >= 11 is 1.55. The Hall–Kier alpha value is -2.30. The van der Waals surface area contributed by atoms with Crippen molar-refractivity contribution in [3.05, 3.63) is 22.8 Å². The van der Waals surface area contributed by atoms with Crippen molar-refractivity contribution < 1.29 is 9.47 Å². The van der Waals surface area contributed by atoms with Crippen LogP contribution in [0.15, 0.2) is 17.1 Å². The zero-order valence-corrected chi connectivity index (χ0v) is 13.6. The summed E-state index contributed by atoms with van der Waals surface area (Å²) in [5, 5.41) is 13.0. The van der Waals surface area contributed by atoms with Crippen molar-refractivity contribution in [2.75, 3.05) is 24.3 Å². The fourth-order valence-corrected chi connectivity index (χ4v) is 3.22. The number of rotatable bonds is 5. The Morgan fingerprint density at radius 1 is 1.46 bits per heavy atom. The molecule has 3 aromatic heterocycles.